The largest absolute Gasteiger partial charge is 0.399 e. The summed E-state index contributed by atoms with van der Waals surface area (Å²) in [6.45, 7) is 1.30. The smallest absolute Gasteiger partial charge is 0.127 e. The summed E-state index contributed by atoms with van der Waals surface area (Å²) < 4.78 is 14.5. The van der Waals surface area contributed by atoms with Gasteiger partial charge in [-0.15, -0.1) is 0 Å². The minimum atomic E-state index is -0.161. The molecule has 0 aliphatic carbocycles. The highest BCUT2D eigenvalue weighted by Gasteiger charge is 2.07. The molecule has 0 amide bonds. The Morgan fingerprint density at radius 3 is 2.47 bits per heavy atom. The summed E-state index contributed by atoms with van der Waals surface area (Å²) in [4.78, 5) is 2.06. The van der Waals surface area contributed by atoms with Gasteiger partial charge in [0, 0.05) is 28.8 Å². The van der Waals surface area contributed by atoms with Gasteiger partial charge in [0.05, 0.1) is 0 Å². The monoisotopic (exact) mass is 322 g/mol. The quantitative estimate of drug-likeness (QED) is 0.867. The highest BCUT2D eigenvalue weighted by atomic mass is 79.9. The summed E-state index contributed by atoms with van der Waals surface area (Å²) in [6.07, 6.45) is 0. The molecule has 2 nitrogen and oxygen atoms in total. The van der Waals surface area contributed by atoms with Crippen LogP contribution in [0, 0.1) is 5.82 Å². The lowest BCUT2D eigenvalue weighted by molar-refractivity contribution is 0.313. The second-order valence-electron chi connectivity index (χ2n) is 4.61. The zero-order chi connectivity index (χ0) is 13.8. The number of nitrogen functional groups attached to an aromatic ring is 1. The van der Waals surface area contributed by atoms with E-state index in [1.165, 1.54) is 6.07 Å². The summed E-state index contributed by atoms with van der Waals surface area (Å²) in [7, 11) is 1.97. The van der Waals surface area contributed by atoms with E-state index in [2.05, 4.69) is 20.8 Å². The van der Waals surface area contributed by atoms with Crippen LogP contribution < -0.4 is 5.73 Å². The predicted octanol–water partition coefficient (Wildman–Crippen LogP) is 3.80. The zero-order valence-corrected chi connectivity index (χ0v) is 12.3. The van der Waals surface area contributed by atoms with Crippen LogP contribution in [0.25, 0.3) is 0 Å². The highest BCUT2D eigenvalue weighted by molar-refractivity contribution is 9.10. The molecule has 4 heteroatoms. The number of hydrogen-bond donors (Lipinski definition) is 1. The van der Waals surface area contributed by atoms with Crippen LogP contribution in [-0.2, 0) is 13.1 Å². The van der Waals surface area contributed by atoms with Crippen molar-refractivity contribution in [3.63, 3.8) is 0 Å². The number of nitrogens with zero attached hydrogens (tertiary/aromatic N) is 1. The maximum Gasteiger partial charge on any atom is 0.127 e. The molecule has 0 saturated heterocycles. The fraction of sp³-hybridized carbons (Fsp3) is 0.200. The fourth-order valence-electron chi connectivity index (χ4n) is 1.96. The Bertz CT molecular complexity index is 572. The SMILES string of the molecule is CN(Cc1ccccc1F)Cc1ccc(N)cc1Br. The maximum atomic E-state index is 13.6. The van der Waals surface area contributed by atoms with Crippen molar-refractivity contribution in [2.24, 2.45) is 0 Å². The summed E-state index contributed by atoms with van der Waals surface area (Å²) in [5.74, 6) is -0.161. The third-order valence-electron chi connectivity index (χ3n) is 2.92. The molecule has 0 bridgehead atoms. The van der Waals surface area contributed by atoms with Gasteiger partial charge in [-0.05, 0) is 30.8 Å². The van der Waals surface area contributed by atoms with Gasteiger partial charge in [0.2, 0.25) is 0 Å². The maximum absolute atomic E-state index is 13.6. The number of hydrogen-bond acceptors (Lipinski definition) is 2. The van der Waals surface area contributed by atoms with Crippen molar-refractivity contribution in [3.8, 4) is 0 Å². The van der Waals surface area contributed by atoms with Crippen LogP contribution in [0.5, 0.6) is 0 Å². The Morgan fingerprint density at radius 1 is 1.11 bits per heavy atom. The molecule has 2 rings (SSSR count). The van der Waals surface area contributed by atoms with E-state index in [-0.39, 0.29) is 5.82 Å². The van der Waals surface area contributed by atoms with Gasteiger partial charge in [-0.1, -0.05) is 40.2 Å². The molecule has 0 unspecified atom stereocenters. The minimum absolute atomic E-state index is 0.161. The first-order valence-corrected chi connectivity index (χ1v) is 6.81. The van der Waals surface area contributed by atoms with Crippen LogP contribution in [0.15, 0.2) is 46.9 Å². The van der Waals surface area contributed by atoms with E-state index in [0.717, 1.165) is 22.3 Å². The van der Waals surface area contributed by atoms with E-state index in [0.29, 0.717) is 12.1 Å². The highest BCUT2D eigenvalue weighted by Crippen LogP contribution is 2.21. The lowest BCUT2D eigenvalue weighted by atomic mass is 10.1. The Morgan fingerprint density at radius 2 is 1.79 bits per heavy atom. The van der Waals surface area contributed by atoms with E-state index in [1.54, 1.807) is 6.07 Å². The Hall–Kier alpha value is -1.39. The summed E-state index contributed by atoms with van der Waals surface area (Å²) in [5, 5.41) is 0. The number of nitrogens with two attached hydrogens (primary N) is 1. The lowest BCUT2D eigenvalue weighted by Crippen LogP contribution is -2.18. The number of anilines is 1. The topological polar surface area (TPSA) is 29.3 Å². The van der Waals surface area contributed by atoms with E-state index >= 15 is 0 Å². The molecular weight excluding hydrogens is 307 g/mol. The molecule has 0 heterocycles. The van der Waals surface area contributed by atoms with E-state index in [4.69, 9.17) is 5.73 Å². The number of halogens is 2. The lowest BCUT2D eigenvalue weighted by Gasteiger charge is -2.18. The van der Waals surface area contributed by atoms with Gasteiger partial charge in [0.1, 0.15) is 5.82 Å². The minimum Gasteiger partial charge on any atom is -0.399 e. The second-order valence-corrected chi connectivity index (χ2v) is 5.47. The van der Waals surface area contributed by atoms with Gasteiger partial charge in [0.15, 0.2) is 0 Å². The molecule has 2 aromatic rings. The van der Waals surface area contributed by atoms with Crippen LogP contribution in [0.4, 0.5) is 10.1 Å². The number of rotatable bonds is 4. The van der Waals surface area contributed by atoms with Gasteiger partial charge in [0.25, 0.3) is 0 Å². The van der Waals surface area contributed by atoms with Gasteiger partial charge < -0.3 is 5.73 Å². The molecule has 2 aromatic carbocycles. The second kappa shape index (κ2) is 6.17. The normalized spacial score (nSPS) is 10.9. The molecule has 0 saturated carbocycles. The average Bonchev–Trinajstić information content (AvgIpc) is 2.36. The molecule has 100 valence electrons. The van der Waals surface area contributed by atoms with E-state index in [9.17, 15) is 4.39 Å². The molecular formula is C15H16BrFN2. The van der Waals surface area contributed by atoms with Crippen LogP contribution in [0.1, 0.15) is 11.1 Å². The Kier molecular flexibility index (Phi) is 4.56. The molecule has 2 N–H and O–H groups in total. The van der Waals surface area contributed by atoms with Crippen molar-refractivity contribution in [1.29, 1.82) is 0 Å². The molecule has 0 aliphatic rings. The molecule has 0 atom stereocenters. The van der Waals surface area contributed by atoms with Crippen molar-refractivity contribution in [1.82, 2.24) is 4.90 Å². The van der Waals surface area contributed by atoms with E-state index < -0.39 is 0 Å². The fourth-order valence-corrected chi connectivity index (χ4v) is 2.48. The molecule has 0 spiro atoms. The molecule has 0 radical (unpaired) electrons. The van der Waals surface area contributed by atoms with Crippen molar-refractivity contribution >= 4 is 21.6 Å². The van der Waals surface area contributed by atoms with Gasteiger partial charge >= 0.3 is 0 Å². The molecule has 0 fully saturated rings. The van der Waals surface area contributed by atoms with Crippen LogP contribution in [-0.4, -0.2) is 11.9 Å². The third-order valence-corrected chi connectivity index (χ3v) is 3.65. The molecule has 0 aromatic heterocycles. The van der Waals surface area contributed by atoms with E-state index in [1.807, 2.05) is 37.4 Å². The number of benzene rings is 2. The van der Waals surface area contributed by atoms with Crippen molar-refractivity contribution < 1.29 is 4.39 Å². The summed E-state index contributed by atoms with van der Waals surface area (Å²) >= 11 is 3.49. The standard InChI is InChI=1S/C15H16BrFN2/c1-19(10-12-4-2-3-5-15(12)17)9-11-6-7-13(18)8-14(11)16/h2-8H,9-10,18H2,1H3. The van der Waals surface area contributed by atoms with Crippen LogP contribution in [0.3, 0.4) is 0 Å². The summed E-state index contributed by atoms with van der Waals surface area (Å²) in [6, 6.07) is 12.6. The van der Waals surface area contributed by atoms with Gasteiger partial charge in [-0.3, -0.25) is 4.90 Å². The average molecular weight is 323 g/mol. The zero-order valence-electron chi connectivity index (χ0n) is 10.7. The van der Waals surface area contributed by atoms with Crippen molar-refractivity contribution in [2.75, 3.05) is 12.8 Å². The predicted molar refractivity (Wildman–Crippen MR) is 80.1 cm³/mol. The molecule has 19 heavy (non-hydrogen) atoms. The molecule has 0 aliphatic heterocycles. The van der Waals surface area contributed by atoms with Crippen molar-refractivity contribution in [2.45, 2.75) is 13.1 Å². The van der Waals surface area contributed by atoms with Gasteiger partial charge in [-0.2, -0.15) is 0 Å². The third kappa shape index (κ3) is 3.78. The first-order valence-electron chi connectivity index (χ1n) is 6.02. The van der Waals surface area contributed by atoms with Crippen molar-refractivity contribution in [3.05, 3.63) is 63.9 Å². The first-order chi connectivity index (χ1) is 9.06. The van der Waals surface area contributed by atoms with Crippen LogP contribution >= 0.6 is 15.9 Å². The first kappa shape index (κ1) is 14.0. The van der Waals surface area contributed by atoms with Crippen LogP contribution in [0.2, 0.25) is 0 Å². The Balaban J connectivity index is 2.05. The van der Waals surface area contributed by atoms with Gasteiger partial charge in [-0.25, -0.2) is 4.39 Å². The Labute approximate surface area is 121 Å². The summed E-state index contributed by atoms with van der Waals surface area (Å²) in [5.41, 5.74) is 8.28.